The van der Waals surface area contributed by atoms with Crippen molar-refractivity contribution in [1.29, 1.82) is 0 Å². The zero-order chi connectivity index (χ0) is 21.7. The van der Waals surface area contributed by atoms with Crippen molar-refractivity contribution in [3.05, 3.63) is 64.7 Å². The van der Waals surface area contributed by atoms with Crippen LogP contribution in [0, 0.1) is 0 Å². The van der Waals surface area contributed by atoms with Crippen LogP contribution in [-0.4, -0.2) is 62.3 Å². The van der Waals surface area contributed by atoms with Gasteiger partial charge in [-0.1, -0.05) is 29.8 Å². The summed E-state index contributed by atoms with van der Waals surface area (Å²) >= 11 is 5.90. The fourth-order valence-electron chi connectivity index (χ4n) is 3.21. The highest BCUT2D eigenvalue weighted by Crippen LogP contribution is 2.20. The maximum Gasteiger partial charge on any atom is 0.317 e. The molecule has 0 spiro atoms. The molecule has 1 heterocycles. The van der Waals surface area contributed by atoms with Gasteiger partial charge in [0.1, 0.15) is 0 Å². The van der Waals surface area contributed by atoms with E-state index < -0.39 is 15.9 Å². The van der Waals surface area contributed by atoms with Gasteiger partial charge in [0.2, 0.25) is 15.9 Å². The summed E-state index contributed by atoms with van der Waals surface area (Å²) in [4.78, 5) is 25.4. The second kappa shape index (κ2) is 9.46. The molecule has 10 heteroatoms. The van der Waals surface area contributed by atoms with Crippen LogP contribution >= 0.6 is 11.6 Å². The third-order valence-corrected chi connectivity index (χ3v) is 6.99. The van der Waals surface area contributed by atoms with Crippen LogP contribution < -0.4 is 11.1 Å². The number of nitrogens with two attached hydrogens (primary N) is 1. The number of piperazine rings is 1. The molecule has 3 N–H and O–H groups in total. The highest BCUT2D eigenvalue weighted by molar-refractivity contribution is 7.89. The minimum atomic E-state index is -3.65. The fourth-order valence-corrected chi connectivity index (χ4v) is 4.94. The maximum absolute atomic E-state index is 12.7. The lowest BCUT2D eigenvalue weighted by Gasteiger charge is -2.34. The predicted octanol–water partition coefficient (Wildman–Crippen LogP) is 1.70. The van der Waals surface area contributed by atoms with Gasteiger partial charge in [0.05, 0.1) is 4.90 Å². The van der Waals surface area contributed by atoms with Crippen molar-refractivity contribution in [2.24, 2.45) is 5.73 Å². The Morgan fingerprint density at radius 2 is 1.73 bits per heavy atom. The molecule has 0 bridgehead atoms. The van der Waals surface area contributed by atoms with E-state index in [1.165, 1.54) is 16.4 Å². The van der Waals surface area contributed by atoms with Gasteiger partial charge in [-0.3, -0.25) is 4.79 Å². The van der Waals surface area contributed by atoms with Crippen LogP contribution in [0.15, 0.2) is 53.4 Å². The molecule has 0 unspecified atom stereocenters. The number of amides is 3. The lowest BCUT2D eigenvalue weighted by molar-refractivity contribution is 0.1000. The van der Waals surface area contributed by atoms with Gasteiger partial charge >= 0.3 is 6.03 Å². The zero-order valence-corrected chi connectivity index (χ0v) is 17.8. The number of primary amides is 1. The number of benzene rings is 2. The molecule has 2 aromatic carbocycles. The molecule has 1 aliphatic rings. The van der Waals surface area contributed by atoms with Gasteiger partial charge in [-0.2, -0.15) is 4.31 Å². The maximum atomic E-state index is 12.7. The number of hydrogen-bond donors (Lipinski definition) is 2. The normalized spacial score (nSPS) is 15.0. The van der Waals surface area contributed by atoms with Crippen LogP contribution in [0.4, 0.5) is 4.79 Å². The molecule has 0 saturated carbocycles. The highest BCUT2D eigenvalue weighted by atomic mass is 35.5. The van der Waals surface area contributed by atoms with Crippen molar-refractivity contribution < 1.29 is 18.0 Å². The summed E-state index contributed by atoms with van der Waals surface area (Å²) < 4.78 is 26.8. The van der Waals surface area contributed by atoms with Crippen molar-refractivity contribution in [2.75, 3.05) is 32.7 Å². The molecule has 2 aromatic rings. The van der Waals surface area contributed by atoms with Gasteiger partial charge in [0.15, 0.2) is 0 Å². The Kier molecular flexibility index (Phi) is 6.96. The molecular formula is C20H23ClN4O4S. The number of sulfonamides is 1. The summed E-state index contributed by atoms with van der Waals surface area (Å²) in [6, 6.07) is 12.8. The first-order valence-corrected chi connectivity index (χ1v) is 11.3. The average Bonchev–Trinajstić information content (AvgIpc) is 2.74. The van der Waals surface area contributed by atoms with E-state index in [9.17, 15) is 18.0 Å². The molecule has 30 heavy (non-hydrogen) atoms. The van der Waals surface area contributed by atoms with Crippen LogP contribution in [0.2, 0.25) is 5.02 Å². The average molecular weight is 451 g/mol. The summed E-state index contributed by atoms with van der Waals surface area (Å²) in [5.74, 6) is -0.494. The number of carbonyl (C=O) groups is 2. The van der Waals surface area contributed by atoms with Crippen LogP contribution in [0.3, 0.4) is 0 Å². The van der Waals surface area contributed by atoms with Crippen molar-refractivity contribution >= 4 is 33.6 Å². The third kappa shape index (κ3) is 5.29. The van der Waals surface area contributed by atoms with Crippen molar-refractivity contribution in [1.82, 2.24) is 14.5 Å². The number of carbonyl (C=O) groups excluding carboxylic acids is 2. The Labute approximate surface area is 180 Å². The van der Waals surface area contributed by atoms with Gasteiger partial charge in [0, 0.05) is 43.3 Å². The molecule has 1 aliphatic heterocycles. The first kappa shape index (κ1) is 22.1. The number of hydrogen-bond acceptors (Lipinski definition) is 4. The summed E-state index contributed by atoms with van der Waals surface area (Å²) in [6.07, 6.45) is 0.552. The quantitative estimate of drug-likeness (QED) is 0.697. The Morgan fingerprint density at radius 3 is 2.40 bits per heavy atom. The number of nitrogens with zero attached hydrogens (tertiary/aromatic N) is 2. The molecule has 160 valence electrons. The van der Waals surface area contributed by atoms with E-state index in [0.29, 0.717) is 36.6 Å². The monoisotopic (exact) mass is 450 g/mol. The van der Waals surface area contributed by atoms with Gasteiger partial charge in [-0.15, -0.1) is 0 Å². The van der Waals surface area contributed by atoms with Gasteiger partial charge in [-0.25, -0.2) is 13.2 Å². The molecule has 0 radical (unpaired) electrons. The summed E-state index contributed by atoms with van der Waals surface area (Å²) in [6.45, 7) is 1.40. The van der Waals surface area contributed by atoms with Crippen LogP contribution in [0.25, 0.3) is 0 Å². The lowest BCUT2D eigenvalue weighted by atomic mass is 10.1. The summed E-state index contributed by atoms with van der Waals surface area (Å²) in [5.41, 5.74) is 6.59. The first-order chi connectivity index (χ1) is 14.3. The Hall–Kier alpha value is -2.62. The molecule has 1 fully saturated rings. The number of nitrogens with one attached hydrogen (secondary N) is 1. The van der Waals surface area contributed by atoms with Crippen molar-refractivity contribution in [3.63, 3.8) is 0 Å². The van der Waals surface area contributed by atoms with E-state index >= 15 is 0 Å². The molecular weight excluding hydrogens is 428 g/mol. The molecule has 8 nitrogen and oxygen atoms in total. The summed E-state index contributed by atoms with van der Waals surface area (Å²) in [7, 11) is -3.65. The molecule has 0 aliphatic carbocycles. The Balaban J connectivity index is 1.49. The van der Waals surface area contributed by atoms with E-state index in [4.69, 9.17) is 17.3 Å². The van der Waals surface area contributed by atoms with Crippen LogP contribution in [0.1, 0.15) is 15.9 Å². The SMILES string of the molecule is NC(=O)c1cccc(CCNC(=O)N2CCN(S(=O)(=O)c3cccc(Cl)c3)CC2)c1. The van der Waals surface area contributed by atoms with E-state index in [1.54, 1.807) is 35.2 Å². The van der Waals surface area contributed by atoms with E-state index in [0.717, 1.165) is 5.56 Å². The van der Waals surface area contributed by atoms with Crippen LogP contribution in [-0.2, 0) is 16.4 Å². The number of urea groups is 1. The van der Waals surface area contributed by atoms with E-state index in [1.807, 2.05) is 6.07 Å². The predicted molar refractivity (Wildman–Crippen MR) is 114 cm³/mol. The smallest absolute Gasteiger partial charge is 0.317 e. The molecule has 3 rings (SSSR count). The summed E-state index contributed by atoms with van der Waals surface area (Å²) in [5, 5.41) is 3.18. The number of halogens is 1. The molecule has 3 amide bonds. The van der Waals surface area contributed by atoms with Gasteiger partial charge in [0.25, 0.3) is 0 Å². The van der Waals surface area contributed by atoms with Crippen molar-refractivity contribution in [2.45, 2.75) is 11.3 Å². The minimum Gasteiger partial charge on any atom is -0.366 e. The van der Waals surface area contributed by atoms with E-state index in [2.05, 4.69) is 5.32 Å². The largest absolute Gasteiger partial charge is 0.366 e. The van der Waals surface area contributed by atoms with Crippen molar-refractivity contribution in [3.8, 4) is 0 Å². The van der Waals surface area contributed by atoms with Crippen LogP contribution in [0.5, 0.6) is 0 Å². The van der Waals surface area contributed by atoms with Gasteiger partial charge < -0.3 is 16.0 Å². The topological polar surface area (TPSA) is 113 Å². The second-order valence-corrected chi connectivity index (χ2v) is 9.27. The molecule has 1 saturated heterocycles. The molecule has 0 aromatic heterocycles. The minimum absolute atomic E-state index is 0.145. The fraction of sp³-hybridized carbons (Fsp3) is 0.300. The third-order valence-electron chi connectivity index (χ3n) is 4.86. The second-order valence-electron chi connectivity index (χ2n) is 6.90. The Morgan fingerprint density at radius 1 is 1.03 bits per heavy atom. The lowest BCUT2D eigenvalue weighted by Crippen LogP contribution is -2.53. The number of rotatable bonds is 6. The standard InChI is InChI=1S/C20H23ClN4O4S/c21-17-5-2-6-18(14-17)30(28,29)25-11-9-24(10-12-25)20(27)23-8-7-15-3-1-4-16(13-15)19(22)26/h1-6,13-14H,7-12H2,(H2,22,26)(H,23,27). The zero-order valence-electron chi connectivity index (χ0n) is 16.3. The van der Waals surface area contributed by atoms with E-state index in [-0.39, 0.29) is 24.0 Å². The van der Waals surface area contributed by atoms with Gasteiger partial charge in [-0.05, 0) is 42.3 Å². The Bertz CT molecular complexity index is 1040. The first-order valence-electron chi connectivity index (χ1n) is 9.44. The highest BCUT2D eigenvalue weighted by Gasteiger charge is 2.30. The molecule has 0 atom stereocenters.